The normalized spacial score (nSPS) is 30.5. The molecule has 1 saturated carbocycles. The number of H-pyrrole nitrogens is 1. The third-order valence-electron chi connectivity index (χ3n) is 4.55. The van der Waals surface area contributed by atoms with Crippen LogP contribution in [0.3, 0.4) is 0 Å². The van der Waals surface area contributed by atoms with Crippen LogP contribution in [0.15, 0.2) is 0 Å². The predicted molar refractivity (Wildman–Crippen MR) is 71.5 cm³/mol. The van der Waals surface area contributed by atoms with E-state index in [0.717, 1.165) is 37.2 Å². The van der Waals surface area contributed by atoms with Gasteiger partial charge in [0.15, 0.2) is 0 Å². The van der Waals surface area contributed by atoms with Gasteiger partial charge in [-0.05, 0) is 31.1 Å². The highest BCUT2D eigenvalue weighted by Gasteiger charge is 2.32. The minimum Gasteiger partial charge on any atom is -0.338 e. The van der Waals surface area contributed by atoms with Crippen molar-refractivity contribution in [3.05, 3.63) is 5.82 Å². The number of nitrogens with two attached hydrogens (primary N) is 1. The minimum absolute atomic E-state index is 0.238. The zero-order chi connectivity index (χ0) is 12.7. The van der Waals surface area contributed by atoms with Crippen molar-refractivity contribution < 1.29 is 0 Å². The Kier molecular flexibility index (Phi) is 3.01. The monoisotopic (exact) mass is 249 g/mol. The van der Waals surface area contributed by atoms with Crippen molar-refractivity contribution in [2.45, 2.75) is 45.1 Å². The molecule has 1 aliphatic heterocycles. The summed E-state index contributed by atoms with van der Waals surface area (Å²) < 4.78 is 0. The molecule has 5 nitrogen and oxygen atoms in total. The number of anilines is 1. The first-order valence-electron chi connectivity index (χ1n) is 7.08. The summed E-state index contributed by atoms with van der Waals surface area (Å²) in [6, 6.07) is 0.238. The van der Waals surface area contributed by atoms with E-state index in [1.54, 1.807) is 0 Å². The molecule has 1 aromatic rings. The molecular weight excluding hydrogens is 226 g/mol. The van der Waals surface area contributed by atoms with E-state index in [2.05, 4.69) is 33.9 Å². The van der Waals surface area contributed by atoms with Gasteiger partial charge in [0.2, 0.25) is 5.95 Å². The molecule has 2 heterocycles. The van der Waals surface area contributed by atoms with Gasteiger partial charge in [0.25, 0.3) is 0 Å². The first-order valence-corrected chi connectivity index (χ1v) is 7.08. The Balaban J connectivity index is 1.69. The van der Waals surface area contributed by atoms with Gasteiger partial charge in [-0.25, -0.2) is 0 Å². The van der Waals surface area contributed by atoms with Crippen molar-refractivity contribution in [2.75, 3.05) is 18.0 Å². The molecule has 2 aliphatic rings. The van der Waals surface area contributed by atoms with Crippen molar-refractivity contribution in [2.24, 2.45) is 17.6 Å². The van der Waals surface area contributed by atoms with Crippen LogP contribution in [0.5, 0.6) is 0 Å². The van der Waals surface area contributed by atoms with Crippen LogP contribution < -0.4 is 10.6 Å². The molecule has 1 aromatic heterocycles. The Hall–Kier alpha value is -1.10. The maximum absolute atomic E-state index is 6.12. The predicted octanol–water partition coefficient (Wildman–Crippen LogP) is 1.49. The Labute approximate surface area is 108 Å². The van der Waals surface area contributed by atoms with Crippen LogP contribution in [0.2, 0.25) is 0 Å². The van der Waals surface area contributed by atoms with Gasteiger partial charge in [0.1, 0.15) is 5.82 Å². The van der Waals surface area contributed by atoms with Crippen molar-refractivity contribution in [1.82, 2.24) is 15.2 Å². The zero-order valence-corrected chi connectivity index (χ0v) is 11.3. The molecule has 18 heavy (non-hydrogen) atoms. The Morgan fingerprint density at radius 2 is 2.17 bits per heavy atom. The Morgan fingerprint density at radius 3 is 2.83 bits per heavy atom. The summed E-state index contributed by atoms with van der Waals surface area (Å²) in [5.74, 6) is 3.81. The molecule has 3 rings (SSSR count). The Bertz CT molecular complexity index is 411. The molecule has 1 aliphatic carbocycles. The van der Waals surface area contributed by atoms with E-state index in [1.807, 2.05) is 0 Å². The van der Waals surface area contributed by atoms with Crippen molar-refractivity contribution >= 4 is 5.95 Å². The number of hydrogen-bond donors (Lipinski definition) is 2. The fourth-order valence-corrected chi connectivity index (χ4v) is 2.71. The number of hydrogen-bond acceptors (Lipinski definition) is 4. The molecule has 0 aromatic carbocycles. The lowest BCUT2D eigenvalue weighted by molar-refractivity contribution is 0.376. The summed E-state index contributed by atoms with van der Waals surface area (Å²) in [5.41, 5.74) is 6.12. The van der Waals surface area contributed by atoms with Crippen LogP contribution in [0.1, 0.15) is 44.9 Å². The molecule has 1 saturated heterocycles. The molecule has 3 atom stereocenters. The molecule has 3 unspecified atom stereocenters. The first-order chi connectivity index (χ1) is 8.65. The highest BCUT2D eigenvalue weighted by atomic mass is 15.4. The lowest BCUT2D eigenvalue weighted by atomic mass is 9.95. The van der Waals surface area contributed by atoms with E-state index >= 15 is 0 Å². The van der Waals surface area contributed by atoms with Gasteiger partial charge >= 0.3 is 0 Å². The quantitative estimate of drug-likeness (QED) is 0.851. The zero-order valence-electron chi connectivity index (χ0n) is 11.3. The first kappa shape index (κ1) is 12.0. The van der Waals surface area contributed by atoms with Gasteiger partial charge in [0.05, 0.1) is 0 Å². The fraction of sp³-hybridized carbons (Fsp3) is 0.846. The van der Waals surface area contributed by atoms with E-state index in [1.165, 1.54) is 12.8 Å². The van der Waals surface area contributed by atoms with Crippen LogP contribution in [-0.4, -0.2) is 34.3 Å². The number of aromatic nitrogens is 3. The maximum Gasteiger partial charge on any atom is 0.244 e. The van der Waals surface area contributed by atoms with E-state index in [4.69, 9.17) is 5.73 Å². The third-order valence-corrected chi connectivity index (χ3v) is 4.55. The minimum atomic E-state index is 0.238. The Morgan fingerprint density at radius 1 is 1.39 bits per heavy atom. The molecule has 3 N–H and O–H groups in total. The van der Waals surface area contributed by atoms with Gasteiger partial charge in [-0.1, -0.05) is 13.8 Å². The second-order valence-corrected chi connectivity index (χ2v) is 6.02. The largest absolute Gasteiger partial charge is 0.338 e. The van der Waals surface area contributed by atoms with Gasteiger partial charge in [-0.15, -0.1) is 5.10 Å². The molecule has 100 valence electrons. The van der Waals surface area contributed by atoms with Gasteiger partial charge in [-0.2, -0.15) is 4.98 Å². The lowest BCUT2D eigenvalue weighted by Gasteiger charge is -2.34. The molecule has 0 bridgehead atoms. The summed E-state index contributed by atoms with van der Waals surface area (Å²) >= 11 is 0. The fourth-order valence-electron chi connectivity index (χ4n) is 2.71. The van der Waals surface area contributed by atoms with Gasteiger partial charge in [-0.3, -0.25) is 5.10 Å². The van der Waals surface area contributed by atoms with Crippen molar-refractivity contribution in [3.8, 4) is 0 Å². The van der Waals surface area contributed by atoms with E-state index < -0.39 is 0 Å². The SMILES string of the molecule is CC1CCN(c2n[nH]c(C(C)C3CC3)n2)CC1N. The number of aromatic amines is 1. The summed E-state index contributed by atoms with van der Waals surface area (Å²) in [4.78, 5) is 6.87. The average Bonchev–Trinajstić information content (AvgIpc) is 3.09. The second-order valence-electron chi connectivity index (χ2n) is 6.02. The molecule has 0 radical (unpaired) electrons. The molecule has 2 fully saturated rings. The molecule has 0 amide bonds. The van der Waals surface area contributed by atoms with Crippen LogP contribution >= 0.6 is 0 Å². The smallest absolute Gasteiger partial charge is 0.244 e. The maximum atomic E-state index is 6.12. The number of nitrogens with zero attached hydrogens (tertiary/aromatic N) is 3. The van der Waals surface area contributed by atoms with E-state index in [-0.39, 0.29) is 6.04 Å². The summed E-state index contributed by atoms with van der Waals surface area (Å²) in [5, 5.41) is 7.47. The highest BCUT2D eigenvalue weighted by Crippen LogP contribution is 2.41. The summed E-state index contributed by atoms with van der Waals surface area (Å²) in [6.07, 6.45) is 3.80. The van der Waals surface area contributed by atoms with Crippen molar-refractivity contribution in [1.29, 1.82) is 0 Å². The van der Waals surface area contributed by atoms with E-state index in [0.29, 0.717) is 11.8 Å². The summed E-state index contributed by atoms with van der Waals surface area (Å²) in [7, 11) is 0. The molecule has 0 spiro atoms. The van der Waals surface area contributed by atoms with Crippen LogP contribution in [0.4, 0.5) is 5.95 Å². The standard InChI is InChI=1S/C13H23N5/c1-8-5-6-18(7-11(8)14)13-15-12(16-17-13)9(2)10-3-4-10/h8-11H,3-7,14H2,1-2H3,(H,15,16,17). The number of piperidine rings is 1. The van der Waals surface area contributed by atoms with Crippen LogP contribution in [0.25, 0.3) is 0 Å². The van der Waals surface area contributed by atoms with Crippen LogP contribution in [0, 0.1) is 11.8 Å². The van der Waals surface area contributed by atoms with E-state index in [9.17, 15) is 0 Å². The topological polar surface area (TPSA) is 70.8 Å². The van der Waals surface area contributed by atoms with Gasteiger partial charge < -0.3 is 10.6 Å². The highest BCUT2D eigenvalue weighted by molar-refractivity contribution is 5.31. The van der Waals surface area contributed by atoms with Gasteiger partial charge in [0, 0.05) is 25.0 Å². The molecule has 5 heteroatoms. The van der Waals surface area contributed by atoms with Crippen molar-refractivity contribution in [3.63, 3.8) is 0 Å². The third kappa shape index (κ3) is 2.23. The number of rotatable bonds is 3. The number of nitrogens with one attached hydrogen (secondary N) is 1. The van der Waals surface area contributed by atoms with Crippen LogP contribution in [-0.2, 0) is 0 Å². The second kappa shape index (κ2) is 4.53. The average molecular weight is 249 g/mol. The summed E-state index contributed by atoms with van der Waals surface area (Å²) in [6.45, 7) is 6.35. The lowest BCUT2D eigenvalue weighted by Crippen LogP contribution is -2.48. The molecular formula is C13H23N5.